The van der Waals surface area contributed by atoms with Crippen LogP contribution in [0, 0.1) is 0 Å². The zero-order valence-corrected chi connectivity index (χ0v) is 62.6. The zero-order valence-electron chi connectivity index (χ0n) is 60.8. The van der Waals surface area contributed by atoms with Crippen LogP contribution in [0.1, 0.15) is 336 Å². The van der Waals surface area contributed by atoms with E-state index in [9.17, 15) is 43.2 Å². The van der Waals surface area contributed by atoms with E-state index < -0.39 is 97.5 Å². The molecule has 0 aliphatic rings. The van der Waals surface area contributed by atoms with Gasteiger partial charge >= 0.3 is 39.5 Å². The normalized spacial score (nSPS) is 14.4. The number of phosphoric acid groups is 2. The van der Waals surface area contributed by atoms with E-state index in [1.165, 1.54) is 89.9 Å². The Morgan fingerprint density at radius 3 is 0.885 bits per heavy atom. The largest absolute Gasteiger partial charge is 0.472 e. The van der Waals surface area contributed by atoms with Crippen LogP contribution in [0.4, 0.5) is 0 Å². The second kappa shape index (κ2) is 70.0. The highest BCUT2D eigenvalue weighted by atomic mass is 31.2. The summed E-state index contributed by atoms with van der Waals surface area (Å²) in [6, 6.07) is 0. The van der Waals surface area contributed by atoms with Gasteiger partial charge in [0.25, 0.3) is 0 Å². The van der Waals surface area contributed by atoms with E-state index in [-0.39, 0.29) is 25.7 Å². The third kappa shape index (κ3) is 69.0. The Labute approximate surface area is 583 Å². The molecule has 0 aromatic heterocycles. The lowest BCUT2D eigenvalue weighted by molar-refractivity contribution is -0.161. The van der Waals surface area contributed by atoms with Crippen LogP contribution in [-0.2, 0) is 65.4 Å². The van der Waals surface area contributed by atoms with Gasteiger partial charge in [0.15, 0.2) is 12.2 Å². The highest BCUT2D eigenvalue weighted by molar-refractivity contribution is 7.47. The van der Waals surface area contributed by atoms with Crippen molar-refractivity contribution in [3.05, 3.63) is 72.9 Å². The summed E-state index contributed by atoms with van der Waals surface area (Å²) in [4.78, 5) is 72.7. The van der Waals surface area contributed by atoms with E-state index in [4.69, 9.17) is 37.0 Å². The Morgan fingerprint density at radius 1 is 0.292 bits per heavy atom. The number of aliphatic hydroxyl groups is 1. The summed E-state index contributed by atoms with van der Waals surface area (Å²) in [5.74, 6) is -2.19. The van der Waals surface area contributed by atoms with Crippen LogP contribution >= 0.6 is 15.6 Å². The van der Waals surface area contributed by atoms with Gasteiger partial charge < -0.3 is 33.8 Å². The van der Waals surface area contributed by atoms with E-state index in [0.717, 1.165) is 167 Å². The highest BCUT2D eigenvalue weighted by Gasteiger charge is 2.30. The van der Waals surface area contributed by atoms with Gasteiger partial charge in [-0.05, 0) is 109 Å². The van der Waals surface area contributed by atoms with Crippen LogP contribution in [0.5, 0.6) is 0 Å². The average molecular weight is 1400 g/mol. The second-order valence-electron chi connectivity index (χ2n) is 25.6. The number of unbranched alkanes of at least 4 members (excludes halogenated alkanes) is 34. The van der Waals surface area contributed by atoms with Crippen LogP contribution in [0.15, 0.2) is 72.9 Å². The molecule has 0 aromatic rings. The topological polar surface area (TPSA) is 237 Å². The summed E-state index contributed by atoms with van der Waals surface area (Å²) in [7, 11) is -9.94. The van der Waals surface area contributed by atoms with Gasteiger partial charge in [0.2, 0.25) is 0 Å². The van der Waals surface area contributed by atoms with Gasteiger partial charge in [-0.15, -0.1) is 0 Å². The molecule has 5 atom stereocenters. The summed E-state index contributed by atoms with van der Waals surface area (Å²) < 4.78 is 68.4. The minimum atomic E-state index is -4.97. The summed E-state index contributed by atoms with van der Waals surface area (Å²) in [5.41, 5.74) is 0. The van der Waals surface area contributed by atoms with Gasteiger partial charge in [-0.3, -0.25) is 37.3 Å². The number of esters is 4. The van der Waals surface area contributed by atoms with Crippen molar-refractivity contribution >= 4 is 39.5 Å². The third-order valence-corrected chi connectivity index (χ3v) is 18.0. The van der Waals surface area contributed by atoms with Crippen molar-refractivity contribution in [1.82, 2.24) is 0 Å². The van der Waals surface area contributed by atoms with Crippen molar-refractivity contribution in [1.29, 1.82) is 0 Å². The molecule has 0 bridgehead atoms. The van der Waals surface area contributed by atoms with E-state index in [2.05, 4.69) is 101 Å². The lowest BCUT2D eigenvalue weighted by Gasteiger charge is -2.21. The molecule has 0 aromatic carbocycles. The molecule has 0 fully saturated rings. The molecular formula is C77H138O17P2. The maximum atomic E-state index is 13.1. The van der Waals surface area contributed by atoms with Gasteiger partial charge in [-0.2, -0.15) is 0 Å². The molecule has 0 aliphatic carbocycles. The molecule has 0 rings (SSSR count). The first kappa shape index (κ1) is 92.5. The van der Waals surface area contributed by atoms with E-state index >= 15 is 0 Å². The predicted molar refractivity (Wildman–Crippen MR) is 390 cm³/mol. The predicted octanol–water partition coefficient (Wildman–Crippen LogP) is 21.7. The van der Waals surface area contributed by atoms with Crippen LogP contribution in [0.3, 0.4) is 0 Å². The van der Waals surface area contributed by atoms with Crippen LogP contribution in [0.2, 0.25) is 0 Å². The van der Waals surface area contributed by atoms with Crippen molar-refractivity contribution in [2.24, 2.45) is 0 Å². The lowest BCUT2D eigenvalue weighted by Crippen LogP contribution is -2.30. The van der Waals surface area contributed by atoms with E-state index in [0.29, 0.717) is 25.7 Å². The molecule has 17 nitrogen and oxygen atoms in total. The fourth-order valence-electron chi connectivity index (χ4n) is 10.2. The Bertz CT molecular complexity index is 2110. The maximum absolute atomic E-state index is 13.1. The summed E-state index contributed by atoms with van der Waals surface area (Å²) in [5, 5.41) is 10.6. The van der Waals surface area contributed by atoms with E-state index in [1.807, 2.05) is 0 Å². The molecule has 558 valence electrons. The first-order valence-corrected chi connectivity index (χ1v) is 41.2. The first-order valence-electron chi connectivity index (χ1n) is 38.2. The fraction of sp³-hybridized carbons (Fsp3) is 0.792. The number of hydrogen-bond donors (Lipinski definition) is 3. The number of aliphatic hydroxyl groups excluding tert-OH is 1. The highest BCUT2D eigenvalue weighted by Crippen LogP contribution is 2.45. The quantitative estimate of drug-likeness (QED) is 0.0169. The minimum absolute atomic E-state index is 0.0776. The SMILES string of the molecule is CCC/C=C\C/C=C\CCCCCCCC(=O)OC(COC(=O)CCCCCCCC/C=C\C/C=C\C/C=C\CCCCC)COP(=O)(O)OCC(O)COP(=O)(O)OCC(COC(=O)CCCCCCCCCCCCCCC)OC(=O)CCCCCCC/C=C\CCCC. The van der Waals surface area contributed by atoms with Gasteiger partial charge in [-0.1, -0.05) is 274 Å². The Balaban J connectivity index is 5.30. The summed E-state index contributed by atoms with van der Waals surface area (Å²) in [6.07, 6.45) is 69.0. The minimum Gasteiger partial charge on any atom is -0.462 e. The van der Waals surface area contributed by atoms with Crippen molar-refractivity contribution in [2.45, 2.75) is 354 Å². The Kier molecular flexibility index (Phi) is 67.4. The Hall–Kier alpha value is -3.50. The molecule has 0 heterocycles. The molecule has 3 N–H and O–H groups in total. The summed E-state index contributed by atoms with van der Waals surface area (Å²) >= 11 is 0. The van der Waals surface area contributed by atoms with Crippen molar-refractivity contribution in [2.75, 3.05) is 39.6 Å². The molecule has 0 aliphatic heterocycles. The van der Waals surface area contributed by atoms with Crippen molar-refractivity contribution < 1.29 is 80.2 Å². The van der Waals surface area contributed by atoms with Crippen LogP contribution in [-0.4, -0.2) is 96.7 Å². The lowest BCUT2D eigenvalue weighted by atomic mass is 10.0. The van der Waals surface area contributed by atoms with Crippen LogP contribution < -0.4 is 0 Å². The molecule has 0 saturated carbocycles. The standard InChI is InChI=1S/C77H138O17P2/c1-5-9-13-17-21-25-29-32-33-34-35-36-37-40-43-46-50-54-58-62-75(80)88-68-73(94-77(82)64-60-56-52-48-44-39-31-27-23-19-15-11-7-3)70-92-96(85,86)90-66-71(78)65-89-95(83,84)91-69-72(93-76(81)63-59-55-51-47-41-28-24-20-16-12-8-4)67-87-74(79)61-57-53-49-45-42-38-30-26-22-18-14-10-6-2/h15,19-21,24-25,27,31-33,35-36,71-73,78H,5-14,16-18,22-23,26,28-30,34,37-70H2,1-4H3,(H,83,84)(H,85,86)/b19-15-,24-20-,25-21-,31-27-,33-32-,36-35-. The summed E-state index contributed by atoms with van der Waals surface area (Å²) in [6.45, 7) is 4.74. The van der Waals surface area contributed by atoms with Crippen LogP contribution in [0.25, 0.3) is 0 Å². The zero-order chi connectivity index (χ0) is 70.4. The van der Waals surface area contributed by atoms with Gasteiger partial charge in [0.1, 0.15) is 19.3 Å². The Morgan fingerprint density at radius 2 is 0.542 bits per heavy atom. The molecule has 96 heavy (non-hydrogen) atoms. The molecular weight excluding hydrogens is 1260 g/mol. The number of rotatable bonds is 72. The molecule has 5 unspecified atom stereocenters. The number of allylic oxidation sites excluding steroid dienone is 12. The molecule has 0 spiro atoms. The van der Waals surface area contributed by atoms with Gasteiger partial charge in [0, 0.05) is 25.7 Å². The molecule has 0 amide bonds. The number of ether oxygens (including phenoxy) is 4. The molecule has 19 heteroatoms. The van der Waals surface area contributed by atoms with Gasteiger partial charge in [0.05, 0.1) is 26.4 Å². The number of phosphoric ester groups is 2. The smallest absolute Gasteiger partial charge is 0.462 e. The molecule has 0 saturated heterocycles. The van der Waals surface area contributed by atoms with Crippen molar-refractivity contribution in [3.63, 3.8) is 0 Å². The number of carbonyl (C=O) groups is 4. The average Bonchev–Trinajstić information content (AvgIpc) is 3.21. The third-order valence-electron chi connectivity index (χ3n) is 16.1. The number of hydrogen-bond acceptors (Lipinski definition) is 15. The monoisotopic (exact) mass is 1400 g/mol. The first-order chi connectivity index (χ1) is 46.7. The maximum Gasteiger partial charge on any atom is 0.472 e. The number of carbonyl (C=O) groups excluding carboxylic acids is 4. The molecule has 0 radical (unpaired) electrons. The fourth-order valence-corrected chi connectivity index (χ4v) is 11.8. The van der Waals surface area contributed by atoms with E-state index in [1.54, 1.807) is 0 Å². The second-order valence-corrected chi connectivity index (χ2v) is 28.5. The van der Waals surface area contributed by atoms with Crippen molar-refractivity contribution in [3.8, 4) is 0 Å². The van der Waals surface area contributed by atoms with Gasteiger partial charge in [-0.25, -0.2) is 9.13 Å².